The summed E-state index contributed by atoms with van der Waals surface area (Å²) in [4.78, 5) is 6.90. The van der Waals surface area contributed by atoms with Gasteiger partial charge < -0.3 is 9.73 Å². The van der Waals surface area contributed by atoms with Gasteiger partial charge in [0.15, 0.2) is 0 Å². The van der Waals surface area contributed by atoms with Gasteiger partial charge in [0.25, 0.3) is 0 Å². The van der Waals surface area contributed by atoms with E-state index >= 15 is 0 Å². The van der Waals surface area contributed by atoms with Crippen molar-refractivity contribution in [1.29, 1.82) is 0 Å². The first-order valence-corrected chi connectivity index (χ1v) is 8.30. The standard InChI is InChI=1S/C17H25N5O/c1-12-10-22(11-15-6-4-5-8-18-15)9-7-16(12)19-13(2)17-21-20-14(3)23-17/h4-6,8,12-13,16,19H,7,9-11H2,1-3H3/t12-,13-,16-/m0/s1. The Labute approximate surface area is 137 Å². The first kappa shape index (κ1) is 16.1. The van der Waals surface area contributed by atoms with Crippen LogP contribution in [0.2, 0.25) is 0 Å². The highest BCUT2D eigenvalue weighted by Gasteiger charge is 2.28. The highest BCUT2D eigenvalue weighted by atomic mass is 16.4. The van der Waals surface area contributed by atoms with Gasteiger partial charge in [-0.25, -0.2) is 0 Å². The van der Waals surface area contributed by atoms with Crippen LogP contribution in [0.4, 0.5) is 0 Å². The molecule has 1 saturated heterocycles. The molecule has 6 heteroatoms. The molecule has 3 heterocycles. The van der Waals surface area contributed by atoms with Crippen molar-refractivity contribution in [1.82, 2.24) is 25.4 Å². The molecule has 1 fully saturated rings. The third-order valence-corrected chi connectivity index (χ3v) is 4.48. The smallest absolute Gasteiger partial charge is 0.233 e. The summed E-state index contributed by atoms with van der Waals surface area (Å²) in [7, 11) is 0. The number of aromatic nitrogens is 3. The molecular weight excluding hydrogens is 290 g/mol. The van der Waals surface area contributed by atoms with Crippen LogP contribution in [-0.2, 0) is 6.54 Å². The van der Waals surface area contributed by atoms with E-state index in [-0.39, 0.29) is 6.04 Å². The van der Waals surface area contributed by atoms with Gasteiger partial charge in [-0.2, -0.15) is 0 Å². The van der Waals surface area contributed by atoms with Crippen molar-refractivity contribution >= 4 is 0 Å². The van der Waals surface area contributed by atoms with Crippen LogP contribution in [0.5, 0.6) is 0 Å². The number of rotatable bonds is 5. The number of piperidine rings is 1. The Bertz CT molecular complexity index is 614. The zero-order chi connectivity index (χ0) is 16.2. The van der Waals surface area contributed by atoms with Gasteiger partial charge in [0, 0.05) is 38.8 Å². The number of pyridine rings is 1. The molecule has 2 aromatic heterocycles. The van der Waals surface area contributed by atoms with Gasteiger partial charge in [-0.05, 0) is 31.4 Å². The molecule has 23 heavy (non-hydrogen) atoms. The zero-order valence-electron chi connectivity index (χ0n) is 14.1. The van der Waals surface area contributed by atoms with Crippen LogP contribution < -0.4 is 5.32 Å². The van der Waals surface area contributed by atoms with E-state index in [1.165, 1.54) is 0 Å². The average Bonchev–Trinajstić information content (AvgIpc) is 2.98. The molecule has 0 amide bonds. The van der Waals surface area contributed by atoms with Crippen molar-refractivity contribution in [3.63, 3.8) is 0 Å². The highest BCUT2D eigenvalue weighted by molar-refractivity contribution is 5.03. The molecule has 3 atom stereocenters. The first-order chi connectivity index (χ1) is 11.1. The third-order valence-electron chi connectivity index (χ3n) is 4.48. The fraction of sp³-hybridized carbons (Fsp3) is 0.588. The number of likely N-dealkylation sites (tertiary alicyclic amines) is 1. The quantitative estimate of drug-likeness (QED) is 0.913. The summed E-state index contributed by atoms with van der Waals surface area (Å²) in [6.45, 7) is 9.28. The molecule has 0 unspecified atom stereocenters. The van der Waals surface area contributed by atoms with Crippen molar-refractivity contribution in [3.05, 3.63) is 41.9 Å². The van der Waals surface area contributed by atoms with Crippen LogP contribution in [0.15, 0.2) is 28.8 Å². The van der Waals surface area contributed by atoms with Gasteiger partial charge in [-0.3, -0.25) is 9.88 Å². The molecule has 0 aliphatic carbocycles. The Kier molecular flexibility index (Phi) is 5.03. The van der Waals surface area contributed by atoms with Crippen molar-refractivity contribution in [2.75, 3.05) is 13.1 Å². The van der Waals surface area contributed by atoms with Gasteiger partial charge in [0.05, 0.1) is 11.7 Å². The average molecular weight is 315 g/mol. The van der Waals surface area contributed by atoms with Crippen LogP contribution in [0.25, 0.3) is 0 Å². The Morgan fingerprint density at radius 1 is 1.39 bits per heavy atom. The summed E-state index contributed by atoms with van der Waals surface area (Å²) in [6, 6.07) is 6.66. The lowest BCUT2D eigenvalue weighted by Crippen LogP contribution is -2.48. The van der Waals surface area contributed by atoms with E-state index in [1.807, 2.05) is 25.3 Å². The van der Waals surface area contributed by atoms with E-state index in [2.05, 4.69) is 45.3 Å². The number of nitrogens with zero attached hydrogens (tertiary/aromatic N) is 4. The van der Waals surface area contributed by atoms with Crippen LogP contribution in [0.3, 0.4) is 0 Å². The number of aryl methyl sites for hydroxylation is 1. The lowest BCUT2D eigenvalue weighted by molar-refractivity contribution is 0.131. The predicted molar refractivity (Wildman–Crippen MR) is 87.7 cm³/mol. The Hall–Kier alpha value is -1.79. The molecule has 124 valence electrons. The summed E-state index contributed by atoms with van der Waals surface area (Å²) in [5.41, 5.74) is 1.14. The SMILES string of the molecule is Cc1nnc([C@H](C)N[C@H]2CCN(Cc3ccccn3)C[C@@H]2C)o1. The normalized spacial score (nSPS) is 23.8. The van der Waals surface area contributed by atoms with Gasteiger partial charge in [0.2, 0.25) is 11.8 Å². The Balaban J connectivity index is 1.52. The lowest BCUT2D eigenvalue weighted by atomic mass is 9.93. The Morgan fingerprint density at radius 3 is 2.91 bits per heavy atom. The maximum atomic E-state index is 5.52. The maximum Gasteiger partial charge on any atom is 0.233 e. The first-order valence-electron chi connectivity index (χ1n) is 8.30. The van der Waals surface area contributed by atoms with Gasteiger partial charge in [-0.1, -0.05) is 13.0 Å². The summed E-state index contributed by atoms with van der Waals surface area (Å²) >= 11 is 0. The molecule has 1 aliphatic rings. The minimum Gasteiger partial charge on any atom is -0.424 e. The molecule has 1 N–H and O–H groups in total. The summed E-state index contributed by atoms with van der Waals surface area (Å²) in [6.07, 6.45) is 2.98. The van der Waals surface area contributed by atoms with Crippen LogP contribution >= 0.6 is 0 Å². The molecule has 2 aromatic rings. The summed E-state index contributed by atoms with van der Waals surface area (Å²) < 4.78 is 5.52. The fourth-order valence-electron chi connectivity index (χ4n) is 3.22. The van der Waals surface area contributed by atoms with E-state index in [0.717, 1.165) is 31.7 Å². The van der Waals surface area contributed by atoms with Gasteiger partial charge >= 0.3 is 0 Å². The van der Waals surface area contributed by atoms with Crippen molar-refractivity contribution < 1.29 is 4.42 Å². The molecule has 0 aromatic carbocycles. The minimum atomic E-state index is 0.0889. The molecular formula is C17H25N5O. The second-order valence-electron chi connectivity index (χ2n) is 6.48. The van der Waals surface area contributed by atoms with E-state index < -0.39 is 0 Å². The number of hydrogen-bond acceptors (Lipinski definition) is 6. The highest BCUT2D eigenvalue weighted by Crippen LogP contribution is 2.21. The number of nitrogens with one attached hydrogen (secondary N) is 1. The molecule has 1 aliphatic heterocycles. The fourth-order valence-corrected chi connectivity index (χ4v) is 3.22. The lowest BCUT2D eigenvalue weighted by Gasteiger charge is -2.38. The van der Waals surface area contributed by atoms with Crippen molar-refractivity contribution in [3.8, 4) is 0 Å². The summed E-state index contributed by atoms with van der Waals surface area (Å²) in [5.74, 6) is 1.86. The topological polar surface area (TPSA) is 67.1 Å². The largest absolute Gasteiger partial charge is 0.424 e. The predicted octanol–water partition coefficient (Wildman–Crippen LogP) is 2.33. The monoisotopic (exact) mass is 315 g/mol. The third kappa shape index (κ3) is 4.14. The summed E-state index contributed by atoms with van der Waals surface area (Å²) in [5, 5.41) is 11.7. The molecule has 0 radical (unpaired) electrons. The zero-order valence-corrected chi connectivity index (χ0v) is 14.1. The van der Waals surface area contributed by atoms with Gasteiger partial charge in [-0.15, -0.1) is 10.2 Å². The van der Waals surface area contributed by atoms with E-state index in [9.17, 15) is 0 Å². The van der Waals surface area contributed by atoms with E-state index in [0.29, 0.717) is 23.7 Å². The molecule has 3 rings (SSSR count). The second-order valence-corrected chi connectivity index (χ2v) is 6.48. The maximum absolute atomic E-state index is 5.52. The number of hydrogen-bond donors (Lipinski definition) is 1. The molecule has 6 nitrogen and oxygen atoms in total. The Morgan fingerprint density at radius 2 is 2.26 bits per heavy atom. The van der Waals surface area contributed by atoms with Crippen molar-refractivity contribution in [2.45, 2.75) is 45.8 Å². The molecule has 0 bridgehead atoms. The van der Waals surface area contributed by atoms with Crippen LogP contribution in [-0.4, -0.2) is 39.2 Å². The van der Waals surface area contributed by atoms with E-state index in [1.54, 1.807) is 0 Å². The minimum absolute atomic E-state index is 0.0889. The van der Waals surface area contributed by atoms with Gasteiger partial charge in [0.1, 0.15) is 0 Å². The van der Waals surface area contributed by atoms with Crippen molar-refractivity contribution in [2.24, 2.45) is 5.92 Å². The second kappa shape index (κ2) is 7.19. The molecule has 0 saturated carbocycles. The van der Waals surface area contributed by atoms with Crippen LogP contribution in [0, 0.1) is 12.8 Å². The van der Waals surface area contributed by atoms with Crippen LogP contribution in [0.1, 0.15) is 43.8 Å². The molecule has 0 spiro atoms. The van der Waals surface area contributed by atoms with E-state index in [4.69, 9.17) is 4.42 Å².